The highest BCUT2D eigenvalue weighted by molar-refractivity contribution is 8.00. The lowest BCUT2D eigenvalue weighted by atomic mass is 9.99. The number of Topliss-reactive ketones (excluding diaryl/α,β-unsaturated/α-hetero) is 1. The number of nitrogens with zero attached hydrogens (tertiary/aromatic N) is 4. The van der Waals surface area contributed by atoms with Gasteiger partial charge < -0.3 is 0 Å². The zero-order valence-electron chi connectivity index (χ0n) is 17.6. The first-order chi connectivity index (χ1) is 15.1. The number of carbonyl (C=O) groups excluding carboxylic acids is 1. The van der Waals surface area contributed by atoms with E-state index in [0.717, 1.165) is 36.0 Å². The van der Waals surface area contributed by atoms with Crippen LogP contribution in [0.25, 0.3) is 22.4 Å². The molecule has 1 aliphatic carbocycles. The predicted molar refractivity (Wildman–Crippen MR) is 123 cm³/mol. The van der Waals surface area contributed by atoms with Crippen molar-refractivity contribution in [3.05, 3.63) is 64.4 Å². The number of hydrogen-bond donors (Lipinski definition) is 0. The molecule has 0 bridgehead atoms. The van der Waals surface area contributed by atoms with Gasteiger partial charge in [0.1, 0.15) is 5.78 Å². The highest BCUT2D eigenvalue weighted by Gasteiger charge is 2.27. The first kappa shape index (κ1) is 20.0. The van der Waals surface area contributed by atoms with Gasteiger partial charge in [0.05, 0.1) is 21.8 Å². The zero-order valence-corrected chi connectivity index (χ0v) is 18.4. The van der Waals surface area contributed by atoms with Gasteiger partial charge in [-0.15, -0.1) is 10.2 Å². The molecule has 2 heterocycles. The molecule has 7 heteroatoms. The number of para-hydroxylation sites is 2. The van der Waals surface area contributed by atoms with E-state index in [1.54, 1.807) is 4.57 Å². The highest BCUT2D eigenvalue weighted by atomic mass is 32.2. The van der Waals surface area contributed by atoms with Crippen LogP contribution in [0.2, 0.25) is 0 Å². The molecule has 2 aromatic heterocycles. The Kier molecular flexibility index (Phi) is 5.14. The van der Waals surface area contributed by atoms with Crippen LogP contribution in [0, 0.1) is 0 Å². The normalized spacial score (nSPS) is 17.1. The lowest BCUT2D eigenvalue weighted by Gasteiger charge is -2.19. The fourth-order valence-electron chi connectivity index (χ4n) is 4.35. The van der Waals surface area contributed by atoms with Crippen molar-refractivity contribution < 1.29 is 4.79 Å². The number of aromatic nitrogens is 4. The molecule has 4 aromatic rings. The third-order valence-electron chi connectivity index (χ3n) is 5.94. The molecular weight excluding hydrogens is 408 g/mol. The van der Waals surface area contributed by atoms with Crippen molar-refractivity contribution in [2.45, 2.75) is 55.9 Å². The molecule has 6 nitrogen and oxygen atoms in total. The van der Waals surface area contributed by atoms with E-state index in [9.17, 15) is 9.59 Å². The van der Waals surface area contributed by atoms with Crippen molar-refractivity contribution in [2.24, 2.45) is 0 Å². The van der Waals surface area contributed by atoms with Gasteiger partial charge in [-0.25, -0.2) is 4.57 Å². The molecule has 1 fully saturated rings. The summed E-state index contributed by atoms with van der Waals surface area (Å²) in [6.07, 6.45) is 3.49. The maximum absolute atomic E-state index is 13.6. The minimum atomic E-state index is -0.117. The summed E-state index contributed by atoms with van der Waals surface area (Å²) in [4.78, 5) is 26.0. The number of thioether (sulfide) groups is 1. The van der Waals surface area contributed by atoms with E-state index in [-0.39, 0.29) is 22.5 Å². The first-order valence-electron chi connectivity index (χ1n) is 10.7. The molecule has 1 aliphatic rings. The van der Waals surface area contributed by atoms with Gasteiger partial charge in [0.2, 0.25) is 5.78 Å². The molecule has 1 saturated carbocycles. The Labute approximate surface area is 184 Å². The highest BCUT2D eigenvalue weighted by Crippen LogP contribution is 2.32. The SMILES string of the molecule is CC(C)c1ccccc1-n1c(=O)c2ccccc2n2c(SC3CCCCC3=O)nnc12. The molecule has 158 valence electrons. The topological polar surface area (TPSA) is 69.3 Å². The standard InChI is InChI=1S/C24H24N4O2S/c1-15(2)16-9-3-5-11-18(16)27-22(30)17-10-4-6-12-19(17)28-23(27)25-26-24(28)31-21-14-8-7-13-20(21)29/h3-6,9-12,15,21H,7-8,13-14H2,1-2H3. The van der Waals surface area contributed by atoms with Crippen molar-refractivity contribution in [1.82, 2.24) is 19.2 Å². The zero-order chi connectivity index (χ0) is 21.5. The number of hydrogen-bond acceptors (Lipinski definition) is 5. The summed E-state index contributed by atoms with van der Waals surface area (Å²) >= 11 is 1.47. The van der Waals surface area contributed by atoms with Gasteiger partial charge in [0, 0.05) is 6.42 Å². The van der Waals surface area contributed by atoms with Crippen LogP contribution in [0.15, 0.2) is 58.5 Å². The molecular formula is C24H24N4O2S. The van der Waals surface area contributed by atoms with Gasteiger partial charge in [0.15, 0.2) is 5.16 Å². The van der Waals surface area contributed by atoms with Gasteiger partial charge in [0.25, 0.3) is 5.56 Å². The van der Waals surface area contributed by atoms with Gasteiger partial charge in [-0.2, -0.15) is 0 Å². The Morgan fingerprint density at radius 3 is 2.58 bits per heavy atom. The monoisotopic (exact) mass is 432 g/mol. The second-order valence-corrected chi connectivity index (χ2v) is 9.48. The molecule has 0 N–H and O–H groups in total. The van der Waals surface area contributed by atoms with E-state index < -0.39 is 0 Å². The van der Waals surface area contributed by atoms with Crippen molar-refractivity contribution in [3.63, 3.8) is 0 Å². The second-order valence-electron chi connectivity index (χ2n) is 8.31. The smallest absolute Gasteiger partial charge is 0.267 e. The summed E-state index contributed by atoms with van der Waals surface area (Å²) < 4.78 is 3.60. The number of rotatable bonds is 4. The van der Waals surface area contributed by atoms with Gasteiger partial charge in [-0.05, 0) is 42.5 Å². The number of carbonyl (C=O) groups is 1. The second kappa shape index (κ2) is 7.96. The summed E-state index contributed by atoms with van der Waals surface area (Å²) in [5.41, 5.74) is 2.53. The molecule has 0 radical (unpaired) electrons. The lowest BCUT2D eigenvalue weighted by Crippen LogP contribution is -2.24. The maximum atomic E-state index is 13.6. The fourth-order valence-corrected chi connectivity index (χ4v) is 5.52. The average Bonchev–Trinajstić information content (AvgIpc) is 3.19. The fraction of sp³-hybridized carbons (Fsp3) is 0.333. The Morgan fingerprint density at radius 2 is 1.77 bits per heavy atom. The van der Waals surface area contributed by atoms with E-state index in [0.29, 0.717) is 22.7 Å². The van der Waals surface area contributed by atoms with E-state index in [4.69, 9.17) is 0 Å². The molecule has 0 saturated heterocycles. The van der Waals surface area contributed by atoms with E-state index in [2.05, 4.69) is 24.0 Å². The first-order valence-corrected chi connectivity index (χ1v) is 11.6. The predicted octanol–water partition coefficient (Wildman–Crippen LogP) is 4.76. The summed E-state index contributed by atoms with van der Waals surface area (Å²) in [7, 11) is 0. The van der Waals surface area contributed by atoms with Crippen molar-refractivity contribution >= 4 is 34.2 Å². The average molecular weight is 433 g/mol. The number of benzene rings is 2. The summed E-state index contributed by atoms with van der Waals surface area (Å²) in [6.45, 7) is 4.23. The Hall–Kier alpha value is -2.93. The largest absolute Gasteiger partial charge is 0.298 e. The summed E-state index contributed by atoms with van der Waals surface area (Å²) in [6, 6.07) is 15.5. The molecule has 0 spiro atoms. The van der Waals surface area contributed by atoms with Crippen LogP contribution >= 0.6 is 11.8 Å². The third kappa shape index (κ3) is 3.37. The molecule has 0 aliphatic heterocycles. The van der Waals surface area contributed by atoms with Crippen LogP contribution in [0.3, 0.4) is 0 Å². The Bertz CT molecular complexity index is 1350. The molecule has 1 atom stereocenters. The minimum Gasteiger partial charge on any atom is -0.298 e. The minimum absolute atomic E-state index is 0.108. The molecule has 2 aromatic carbocycles. The van der Waals surface area contributed by atoms with Crippen LogP contribution in [0.4, 0.5) is 0 Å². The Balaban J connectivity index is 1.80. The van der Waals surface area contributed by atoms with Crippen molar-refractivity contribution in [1.29, 1.82) is 0 Å². The molecule has 31 heavy (non-hydrogen) atoms. The van der Waals surface area contributed by atoms with Crippen molar-refractivity contribution in [2.75, 3.05) is 0 Å². The molecule has 5 rings (SSSR count). The molecule has 0 amide bonds. The van der Waals surface area contributed by atoms with Crippen molar-refractivity contribution in [3.8, 4) is 5.69 Å². The number of ketones is 1. The van der Waals surface area contributed by atoms with Crippen LogP contribution in [0.1, 0.15) is 51.0 Å². The maximum Gasteiger partial charge on any atom is 0.267 e. The summed E-state index contributed by atoms with van der Waals surface area (Å²) in [5, 5.41) is 10.0. The molecule has 1 unspecified atom stereocenters. The van der Waals surface area contributed by atoms with Crippen LogP contribution in [0.5, 0.6) is 0 Å². The van der Waals surface area contributed by atoms with Crippen LogP contribution in [-0.4, -0.2) is 30.2 Å². The van der Waals surface area contributed by atoms with E-state index in [1.165, 1.54) is 11.8 Å². The Morgan fingerprint density at radius 1 is 1.00 bits per heavy atom. The number of fused-ring (bicyclic) bond motifs is 3. The third-order valence-corrected chi connectivity index (χ3v) is 7.20. The van der Waals surface area contributed by atoms with Crippen LogP contribution < -0.4 is 5.56 Å². The van der Waals surface area contributed by atoms with E-state index >= 15 is 0 Å². The van der Waals surface area contributed by atoms with Gasteiger partial charge >= 0.3 is 0 Å². The van der Waals surface area contributed by atoms with Crippen LogP contribution in [-0.2, 0) is 4.79 Å². The van der Waals surface area contributed by atoms with E-state index in [1.807, 2.05) is 52.9 Å². The van der Waals surface area contributed by atoms with Gasteiger partial charge in [-0.3, -0.25) is 14.0 Å². The van der Waals surface area contributed by atoms with Gasteiger partial charge in [-0.1, -0.05) is 62.4 Å². The quantitative estimate of drug-likeness (QED) is 0.465. The lowest BCUT2D eigenvalue weighted by molar-refractivity contribution is -0.119. The summed E-state index contributed by atoms with van der Waals surface area (Å²) in [5.74, 6) is 0.990.